The van der Waals surface area contributed by atoms with Gasteiger partial charge >= 0.3 is 5.97 Å². The van der Waals surface area contributed by atoms with Gasteiger partial charge in [-0.3, -0.25) is 14.5 Å². The number of carboxylic acids is 1. The number of aromatic carboxylic acids is 1. The summed E-state index contributed by atoms with van der Waals surface area (Å²) < 4.78 is 12.9. The highest BCUT2D eigenvalue weighted by atomic mass is 32.2. The van der Waals surface area contributed by atoms with E-state index < -0.39 is 22.9 Å². The molecule has 5 nitrogen and oxygen atoms in total. The second-order valence-electron chi connectivity index (χ2n) is 5.32. The molecular formula is C18H12FNO4S. The SMILES string of the molecule is O=C(O)c1cccc(C=C2SC(=O)N(Cc3ccc(F)cc3)C2=O)c1. The maximum absolute atomic E-state index is 12.9. The van der Waals surface area contributed by atoms with Crippen LogP contribution in [-0.2, 0) is 11.3 Å². The summed E-state index contributed by atoms with van der Waals surface area (Å²) in [5, 5.41) is 8.59. The first-order valence-electron chi connectivity index (χ1n) is 7.27. The smallest absolute Gasteiger partial charge is 0.335 e. The number of hydrogen-bond acceptors (Lipinski definition) is 4. The molecule has 1 aliphatic heterocycles. The van der Waals surface area contributed by atoms with E-state index in [0.29, 0.717) is 11.1 Å². The van der Waals surface area contributed by atoms with Crippen molar-refractivity contribution in [2.45, 2.75) is 6.54 Å². The predicted molar refractivity (Wildman–Crippen MR) is 91.3 cm³/mol. The van der Waals surface area contributed by atoms with Gasteiger partial charge in [-0.15, -0.1) is 0 Å². The number of amides is 2. The normalized spacial score (nSPS) is 15.9. The fraction of sp³-hybridized carbons (Fsp3) is 0.0556. The molecule has 0 unspecified atom stereocenters. The fourth-order valence-corrected chi connectivity index (χ4v) is 3.16. The number of imide groups is 1. The van der Waals surface area contributed by atoms with Gasteiger partial charge in [0.05, 0.1) is 17.0 Å². The van der Waals surface area contributed by atoms with Gasteiger partial charge in [0.25, 0.3) is 11.1 Å². The van der Waals surface area contributed by atoms with Gasteiger partial charge in [0.1, 0.15) is 5.82 Å². The average Bonchev–Trinajstić information content (AvgIpc) is 2.84. The van der Waals surface area contributed by atoms with Crippen LogP contribution in [0.2, 0.25) is 0 Å². The Labute approximate surface area is 146 Å². The van der Waals surface area contributed by atoms with E-state index in [1.165, 1.54) is 42.5 Å². The van der Waals surface area contributed by atoms with Gasteiger partial charge in [-0.05, 0) is 53.2 Å². The van der Waals surface area contributed by atoms with E-state index in [9.17, 15) is 18.8 Å². The van der Waals surface area contributed by atoms with Crippen molar-refractivity contribution in [1.82, 2.24) is 4.90 Å². The molecule has 2 aromatic rings. The van der Waals surface area contributed by atoms with E-state index in [1.807, 2.05) is 0 Å². The predicted octanol–water partition coefficient (Wildman–Crippen LogP) is 3.76. The zero-order valence-corrected chi connectivity index (χ0v) is 13.6. The molecule has 0 atom stereocenters. The average molecular weight is 357 g/mol. The third kappa shape index (κ3) is 3.77. The summed E-state index contributed by atoms with van der Waals surface area (Å²) in [4.78, 5) is 36.8. The van der Waals surface area contributed by atoms with Crippen molar-refractivity contribution in [1.29, 1.82) is 0 Å². The van der Waals surface area contributed by atoms with Crippen LogP contribution < -0.4 is 0 Å². The second-order valence-corrected chi connectivity index (χ2v) is 6.32. The molecule has 25 heavy (non-hydrogen) atoms. The number of carboxylic acid groups (broad SMARTS) is 1. The lowest BCUT2D eigenvalue weighted by Crippen LogP contribution is -2.27. The van der Waals surface area contributed by atoms with Crippen molar-refractivity contribution in [2.24, 2.45) is 0 Å². The summed E-state index contributed by atoms with van der Waals surface area (Å²) in [6, 6.07) is 11.6. The Balaban J connectivity index is 1.82. The lowest BCUT2D eigenvalue weighted by Gasteiger charge is -2.12. The Morgan fingerprint density at radius 3 is 2.56 bits per heavy atom. The summed E-state index contributed by atoms with van der Waals surface area (Å²) in [6.45, 7) is 0.0530. The van der Waals surface area contributed by atoms with E-state index in [1.54, 1.807) is 12.1 Å². The highest BCUT2D eigenvalue weighted by Crippen LogP contribution is 2.33. The van der Waals surface area contributed by atoms with Crippen LogP contribution in [0, 0.1) is 5.82 Å². The van der Waals surface area contributed by atoms with Gasteiger partial charge < -0.3 is 5.11 Å². The van der Waals surface area contributed by atoms with E-state index >= 15 is 0 Å². The highest BCUT2D eigenvalue weighted by Gasteiger charge is 2.34. The van der Waals surface area contributed by atoms with Crippen molar-refractivity contribution in [3.63, 3.8) is 0 Å². The Morgan fingerprint density at radius 1 is 1.16 bits per heavy atom. The molecule has 2 amide bonds. The van der Waals surface area contributed by atoms with E-state index in [4.69, 9.17) is 5.11 Å². The van der Waals surface area contributed by atoms with Crippen LogP contribution >= 0.6 is 11.8 Å². The Morgan fingerprint density at radius 2 is 1.88 bits per heavy atom. The fourth-order valence-electron chi connectivity index (χ4n) is 2.32. The van der Waals surface area contributed by atoms with Crippen molar-refractivity contribution < 1.29 is 23.9 Å². The number of hydrogen-bond donors (Lipinski definition) is 1. The first-order chi connectivity index (χ1) is 11.9. The van der Waals surface area contributed by atoms with Gasteiger partial charge in [-0.25, -0.2) is 9.18 Å². The number of benzene rings is 2. The van der Waals surface area contributed by atoms with Crippen molar-refractivity contribution in [3.05, 3.63) is 75.9 Å². The Bertz CT molecular complexity index is 892. The first kappa shape index (κ1) is 16.9. The van der Waals surface area contributed by atoms with Crippen molar-refractivity contribution in [2.75, 3.05) is 0 Å². The zero-order valence-electron chi connectivity index (χ0n) is 12.8. The van der Waals surface area contributed by atoms with Gasteiger partial charge in [0.15, 0.2) is 0 Å². The molecule has 3 rings (SSSR count). The molecule has 2 aromatic carbocycles. The van der Waals surface area contributed by atoms with Gasteiger partial charge in [-0.1, -0.05) is 24.3 Å². The summed E-state index contributed by atoms with van der Waals surface area (Å²) in [7, 11) is 0. The van der Waals surface area contributed by atoms with E-state index in [-0.39, 0.29) is 17.0 Å². The molecule has 0 bridgehead atoms. The molecule has 0 aliphatic carbocycles. The largest absolute Gasteiger partial charge is 0.478 e. The number of carbonyl (C=O) groups is 3. The number of halogens is 1. The quantitative estimate of drug-likeness (QED) is 0.844. The van der Waals surface area contributed by atoms with Crippen LogP contribution in [-0.4, -0.2) is 27.1 Å². The number of thioether (sulfide) groups is 1. The first-order valence-corrected chi connectivity index (χ1v) is 8.09. The second kappa shape index (κ2) is 6.90. The lowest BCUT2D eigenvalue weighted by molar-refractivity contribution is -0.123. The molecule has 7 heteroatoms. The minimum Gasteiger partial charge on any atom is -0.478 e. The van der Waals surface area contributed by atoms with Gasteiger partial charge in [0.2, 0.25) is 0 Å². The molecule has 1 N–H and O–H groups in total. The van der Waals surface area contributed by atoms with E-state index in [0.717, 1.165) is 16.7 Å². The van der Waals surface area contributed by atoms with Crippen LogP contribution in [0.3, 0.4) is 0 Å². The molecule has 0 saturated carbocycles. The van der Waals surface area contributed by atoms with Crippen LogP contribution in [0.4, 0.5) is 9.18 Å². The van der Waals surface area contributed by atoms with Crippen LogP contribution in [0.5, 0.6) is 0 Å². The summed E-state index contributed by atoms with van der Waals surface area (Å²) in [6.07, 6.45) is 1.49. The summed E-state index contributed by atoms with van der Waals surface area (Å²) in [5.74, 6) is -1.92. The summed E-state index contributed by atoms with van der Waals surface area (Å²) in [5.41, 5.74) is 1.25. The van der Waals surface area contributed by atoms with E-state index in [2.05, 4.69) is 0 Å². The van der Waals surface area contributed by atoms with Gasteiger partial charge in [0, 0.05) is 0 Å². The van der Waals surface area contributed by atoms with Crippen molar-refractivity contribution in [3.8, 4) is 0 Å². The molecule has 0 aromatic heterocycles. The Kier molecular flexibility index (Phi) is 4.67. The number of rotatable bonds is 4. The molecule has 0 radical (unpaired) electrons. The molecule has 1 fully saturated rings. The molecule has 126 valence electrons. The number of nitrogens with zero attached hydrogens (tertiary/aromatic N) is 1. The Hall–Kier alpha value is -2.93. The highest BCUT2D eigenvalue weighted by molar-refractivity contribution is 8.18. The van der Waals surface area contributed by atoms with Crippen LogP contribution in [0.25, 0.3) is 6.08 Å². The standard InChI is InChI=1S/C18H12FNO4S/c19-14-6-4-11(5-7-14)10-20-16(21)15(25-18(20)24)9-12-2-1-3-13(8-12)17(22)23/h1-9H,10H2,(H,22,23). The molecular weight excluding hydrogens is 345 g/mol. The molecule has 1 saturated heterocycles. The maximum Gasteiger partial charge on any atom is 0.335 e. The minimum atomic E-state index is -1.07. The number of carbonyl (C=O) groups excluding carboxylic acids is 2. The van der Waals surface area contributed by atoms with Crippen molar-refractivity contribution >= 4 is 35.0 Å². The zero-order chi connectivity index (χ0) is 18.0. The monoisotopic (exact) mass is 357 g/mol. The van der Waals surface area contributed by atoms with Crippen LogP contribution in [0.15, 0.2) is 53.4 Å². The molecule has 1 heterocycles. The molecule has 0 spiro atoms. The summed E-state index contributed by atoms with van der Waals surface area (Å²) >= 11 is 0.790. The third-order valence-corrected chi connectivity index (χ3v) is 4.47. The third-order valence-electron chi connectivity index (χ3n) is 3.56. The molecule has 1 aliphatic rings. The lowest BCUT2D eigenvalue weighted by atomic mass is 10.1. The topological polar surface area (TPSA) is 74.7 Å². The van der Waals surface area contributed by atoms with Crippen LogP contribution in [0.1, 0.15) is 21.5 Å². The maximum atomic E-state index is 12.9. The van der Waals surface area contributed by atoms with Gasteiger partial charge in [-0.2, -0.15) is 0 Å². The minimum absolute atomic E-state index is 0.0530.